The molecule has 0 spiro atoms. The molecule has 2 rings (SSSR count). The van der Waals surface area contributed by atoms with E-state index in [1.54, 1.807) is 0 Å². The molecule has 1 N–H and O–H groups in total. The third-order valence-electron chi connectivity index (χ3n) is 3.15. The molecule has 0 atom stereocenters. The minimum Gasteiger partial charge on any atom is -0.352 e. The molecular weight excluding hydrogens is 226 g/mol. The SMILES string of the molecule is CCN(CC)CCNc1nc2cccc(C)n2n1. The van der Waals surface area contributed by atoms with Crippen molar-refractivity contribution in [2.24, 2.45) is 0 Å². The highest BCUT2D eigenvalue weighted by Crippen LogP contribution is 2.07. The molecule has 0 aliphatic carbocycles. The fraction of sp³-hybridized carbons (Fsp3) is 0.538. The van der Waals surface area contributed by atoms with Gasteiger partial charge in [0.2, 0.25) is 5.95 Å². The molecule has 0 amide bonds. The number of rotatable bonds is 6. The Balaban J connectivity index is 1.98. The fourth-order valence-corrected chi connectivity index (χ4v) is 1.98. The van der Waals surface area contributed by atoms with E-state index in [9.17, 15) is 0 Å². The molecule has 5 heteroatoms. The molecule has 18 heavy (non-hydrogen) atoms. The van der Waals surface area contributed by atoms with Gasteiger partial charge >= 0.3 is 0 Å². The average molecular weight is 247 g/mol. The number of hydrogen-bond donors (Lipinski definition) is 1. The third-order valence-corrected chi connectivity index (χ3v) is 3.15. The molecule has 0 saturated heterocycles. The number of aromatic nitrogens is 3. The summed E-state index contributed by atoms with van der Waals surface area (Å²) in [5.41, 5.74) is 1.98. The summed E-state index contributed by atoms with van der Waals surface area (Å²) in [6, 6.07) is 6.00. The number of nitrogens with zero attached hydrogens (tertiary/aromatic N) is 4. The van der Waals surface area contributed by atoms with E-state index in [0.717, 1.165) is 37.5 Å². The van der Waals surface area contributed by atoms with Crippen molar-refractivity contribution in [3.05, 3.63) is 23.9 Å². The van der Waals surface area contributed by atoms with Gasteiger partial charge in [0, 0.05) is 18.8 Å². The summed E-state index contributed by atoms with van der Waals surface area (Å²) in [5, 5.41) is 7.71. The number of anilines is 1. The van der Waals surface area contributed by atoms with Crippen molar-refractivity contribution in [1.29, 1.82) is 0 Å². The van der Waals surface area contributed by atoms with Crippen molar-refractivity contribution in [2.75, 3.05) is 31.5 Å². The normalized spacial score (nSPS) is 11.3. The Labute approximate surface area is 108 Å². The second kappa shape index (κ2) is 5.82. The molecule has 98 valence electrons. The lowest BCUT2D eigenvalue weighted by molar-refractivity contribution is 0.316. The standard InChI is InChI=1S/C13H21N5/c1-4-17(5-2)10-9-14-13-15-12-8-6-7-11(3)18(12)16-13/h6-8H,4-5,9-10H2,1-3H3,(H,14,16). The predicted molar refractivity (Wildman–Crippen MR) is 74.0 cm³/mol. The number of aryl methyl sites for hydroxylation is 1. The molecule has 2 aromatic rings. The van der Waals surface area contributed by atoms with Gasteiger partial charge in [-0.25, -0.2) is 4.52 Å². The summed E-state index contributed by atoms with van der Waals surface area (Å²) < 4.78 is 1.86. The average Bonchev–Trinajstić information content (AvgIpc) is 2.79. The van der Waals surface area contributed by atoms with E-state index in [1.165, 1.54) is 0 Å². The van der Waals surface area contributed by atoms with E-state index in [1.807, 2.05) is 29.6 Å². The first-order valence-corrected chi connectivity index (χ1v) is 6.53. The quantitative estimate of drug-likeness (QED) is 0.845. The Morgan fingerprint density at radius 3 is 2.72 bits per heavy atom. The van der Waals surface area contributed by atoms with Crippen LogP contribution in [0.1, 0.15) is 19.5 Å². The van der Waals surface area contributed by atoms with Crippen LogP contribution in [-0.4, -0.2) is 45.7 Å². The molecule has 0 aliphatic heterocycles. The zero-order chi connectivity index (χ0) is 13.0. The highest BCUT2D eigenvalue weighted by Gasteiger charge is 2.04. The van der Waals surface area contributed by atoms with Crippen LogP contribution in [0.3, 0.4) is 0 Å². The number of nitrogens with one attached hydrogen (secondary N) is 1. The number of likely N-dealkylation sites (N-methyl/N-ethyl adjacent to an activating group) is 1. The topological polar surface area (TPSA) is 45.5 Å². The van der Waals surface area contributed by atoms with E-state index >= 15 is 0 Å². The van der Waals surface area contributed by atoms with Crippen LogP contribution < -0.4 is 5.32 Å². The molecule has 0 aromatic carbocycles. The minimum atomic E-state index is 0.705. The van der Waals surface area contributed by atoms with Gasteiger partial charge in [0.1, 0.15) is 0 Å². The first-order valence-electron chi connectivity index (χ1n) is 6.53. The summed E-state index contributed by atoms with van der Waals surface area (Å²) in [5.74, 6) is 0.705. The van der Waals surface area contributed by atoms with Gasteiger partial charge in [-0.2, -0.15) is 4.98 Å². The van der Waals surface area contributed by atoms with Crippen molar-refractivity contribution in [1.82, 2.24) is 19.5 Å². The van der Waals surface area contributed by atoms with E-state index in [0.29, 0.717) is 5.95 Å². The molecule has 5 nitrogen and oxygen atoms in total. The molecule has 0 saturated carbocycles. The van der Waals surface area contributed by atoms with Crippen LogP contribution >= 0.6 is 0 Å². The van der Waals surface area contributed by atoms with Crippen LogP contribution in [-0.2, 0) is 0 Å². The maximum absolute atomic E-state index is 4.44. The summed E-state index contributed by atoms with van der Waals surface area (Å²) >= 11 is 0. The van der Waals surface area contributed by atoms with Gasteiger partial charge in [-0.05, 0) is 32.1 Å². The number of fused-ring (bicyclic) bond motifs is 1. The number of pyridine rings is 1. The summed E-state index contributed by atoms with van der Waals surface area (Å²) in [7, 11) is 0. The molecule has 0 radical (unpaired) electrons. The van der Waals surface area contributed by atoms with Gasteiger partial charge in [0.15, 0.2) is 5.65 Å². The van der Waals surface area contributed by atoms with Crippen LogP contribution in [0.15, 0.2) is 18.2 Å². The summed E-state index contributed by atoms with van der Waals surface area (Å²) in [6.07, 6.45) is 0. The lowest BCUT2D eigenvalue weighted by Crippen LogP contribution is -2.28. The van der Waals surface area contributed by atoms with E-state index in [2.05, 4.69) is 34.1 Å². The predicted octanol–water partition coefficient (Wildman–Crippen LogP) is 1.79. The lowest BCUT2D eigenvalue weighted by Gasteiger charge is -2.17. The molecule has 2 aromatic heterocycles. The van der Waals surface area contributed by atoms with Crippen molar-refractivity contribution < 1.29 is 0 Å². The van der Waals surface area contributed by atoms with Crippen molar-refractivity contribution in [3.8, 4) is 0 Å². The zero-order valence-corrected chi connectivity index (χ0v) is 11.3. The Hall–Kier alpha value is -1.62. The van der Waals surface area contributed by atoms with E-state index in [4.69, 9.17) is 0 Å². The van der Waals surface area contributed by atoms with E-state index < -0.39 is 0 Å². The minimum absolute atomic E-state index is 0.705. The fourth-order valence-electron chi connectivity index (χ4n) is 1.98. The maximum Gasteiger partial charge on any atom is 0.243 e. The molecule has 2 heterocycles. The largest absolute Gasteiger partial charge is 0.352 e. The Morgan fingerprint density at radius 2 is 2.06 bits per heavy atom. The lowest BCUT2D eigenvalue weighted by atomic mass is 10.4. The smallest absolute Gasteiger partial charge is 0.243 e. The van der Waals surface area contributed by atoms with Crippen molar-refractivity contribution in [3.63, 3.8) is 0 Å². The van der Waals surface area contributed by atoms with Gasteiger partial charge in [0.05, 0.1) is 0 Å². The van der Waals surface area contributed by atoms with Crippen LogP contribution in [0.4, 0.5) is 5.95 Å². The van der Waals surface area contributed by atoms with Crippen LogP contribution in [0.25, 0.3) is 5.65 Å². The van der Waals surface area contributed by atoms with E-state index in [-0.39, 0.29) is 0 Å². The zero-order valence-electron chi connectivity index (χ0n) is 11.3. The molecule has 0 aliphatic rings. The van der Waals surface area contributed by atoms with Crippen molar-refractivity contribution in [2.45, 2.75) is 20.8 Å². The molecule has 0 fully saturated rings. The monoisotopic (exact) mass is 247 g/mol. The Kier molecular flexibility index (Phi) is 4.15. The van der Waals surface area contributed by atoms with Gasteiger partial charge in [-0.1, -0.05) is 19.9 Å². The highest BCUT2D eigenvalue weighted by atomic mass is 15.4. The van der Waals surface area contributed by atoms with Crippen LogP contribution in [0.2, 0.25) is 0 Å². The first-order chi connectivity index (χ1) is 8.74. The second-order valence-corrected chi connectivity index (χ2v) is 4.33. The maximum atomic E-state index is 4.44. The molecule has 0 bridgehead atoms. The van der Waals surface area contributed by atoms with Gasteiger partial charge in [-0.3, -0.25) is 0 Å². The Bertz CT molecular complexity index is 501. The van der Waals surface area contributed by atoms with Gasteiger partial charge < -0.3 is 10.2 Å². The first kappa shape index (κ1) is 12.8. The second-order valence-electron chi connectivity index (χ2n) is 4.33. The third kappa shape index (κ3) is 2.79. The Morgan fingerprint density at radius 1 is 1.28 bits per heavy atom. The van der Waals surface area contributed by atoms with Gasteiger partial charge in [-0.15, -0.1) is 5.10 Å². The number of hydrogen-bond acceptors (Lipinski definition) is 4. The molecule has 0 unspecified atom stereocenters. The van der Waals surface area contributed by atoms with Crippen LogP contribution in [0, 0.1) is 6.92 Å². The van der Waals surface area contributed by atoms with Gasteiger partial charge in [0.25, 0.3) is 0 Å². The summed E-state index contributed by atoms with van der Waals surface area (Å²) in [4.78, 5) is 6.81. The summed E-state index contributed by atoms with van der Waals surface area (Å²) in [6.45, 7) is 10.4. The highest BCUT2D eigenvalue weighted by molar-refractivity contribution is 5.44. The van der Waals surface area contributed by atoms with Crippen molar-refractivity contribution >= 4 is 11.6 Å². The van der Waals surface area contributed by atoms with Crippen LogP contribution in [0.5, 0.6) is 0 Å². The molecular formula is C13H21N5.